The molecule has 3 aromatic rings. The molecule has 30 heavy (non-hydrogen) atoms. The molecular formula is C21H22IN5O3. The van der Waals surface area contributed by atoms with Gasteiger partial charge in [0, 0.05) is 65.3 Å². The largest absolute Gasteiger partial charge is 0.493 e. The fraction of sp³-hybridized carbons (Fsp3) is 0.286. The first kappa shape index (κ1) is 20.5. The van der Waals surface area contributed by atoms with E-state index in [2.05, 4.69) is 32.5 Å². The smallest absolute Gasteiger partial charge is 0.255 e. The number of nitrogen functional groups attached to an aromatic ring is 1. The Hall–Kier alpha value is -2.82. The number of fused-ring (bicyclic) bond motifs is 1. The molecule has 3 heterocycles. The normalized spacial score (nSPS) is 14.1. The van der Waals surface area contributed by atoms with Crippen LogP contribution >= 0.6 is 22.6 Å². The summed E-state index contributed by atoms with van der Waals surface area (Å²) in [4.78, 5) is 25.6. The van der Waals surface area contributed by atoms with Gasteiger partial charge in [-0.1, -0.05) is 0 Å². The highest BCUT2D eigenvalue weighted by molar-refractivity contribution is 14.1. The third-order valence-corrected chi connectivity index (χ3v) is 5.77. The molecule has 0 bridgehead atoms. The van der Waals surface area contributed by atoms with Gasteiger partial charge in [0.25, 0.3) is 5.91 Å². The second-order valence-electron chi connectivity index (χ2n) is 6.97. The lowest BCUT2D eigenvalue weighted by Gasteiger charge is -2.35. The zero-order valence-electron chi connectivity index (χ0n) is 16.8. The van der Waals surface area contributed by atoms with Crippen LogP contribution in [0.15, 0.2) is 36.7 Å². The van der Waals surface area contributed by atoms with Gasteiger partial charge in [0.05, 0.1) is 25.3 Å². The molecule has 1 aliphatic heterocycles. The van der Waals surface area contributed by atoms with Crippen molar-refractivity contribution in [2.45, 2.75) is 0 Å². The number of nitrogens with zero attached hydrogens (tertiary/aromatic N) is 4. The highest BCUT2D eigenvalue weighted by Gasteiger charge is 2.24. The first-order valence-corrected chi connectivity index (χ1v) is 10.5. The van der Waals surface area contributed by atoms with Gasteiger partial charge < -0.3 is 25.0 Å². The number of halogens is 1. The number of rotatable bonds is 4. The van der Waals surface area contributed by atoms with Gasteiger partial charge in [0.15, 0.2) is 11.5 Å². The SMILES string of the molecule is COc1cc2nc(N3CCN(C(=O)c4cncc(I)c4)CC3)cc(N)c2cc1OC. The highest BCUT2D eigenvalue weighted by atomic mass is 127. The lowest BCUT2D eigenvalue weighted by molar-refractivity contribution is 0.0746. The van der Waals surface area contributed by atoms with Gasteiger partial charge in [0.2, 0.25) is 0 Å². The topological polar surface area (TPSA) is 93.8 Å². The van der Waals surface area contributed by atoms with Crippen LogP contribution in [0.25, 0.3) is 10.9 Å². The van der Waals surface area contributed by atoms with Gasteiger partial charge in [-0.25, -0.2) is 4.98 Å². The van der Waals surface area contributed by atoms with Crippen molar-refractivity contribution in [2.75, 3.05) is 51.0 Å². The van der Waals surface area contributed by atoms with Crippen molar-refractivity contribution in [2.24, 2.45) is 0 Å². The van der Waals surface area contributed by atoms with Crippen LogP contribution in [0, 0.1) is 3.57 Å². The summed E-state index contributed by atoms with van der Waals surface area (Å²) in [6.07, 6.45) is 3.35. The molecular weight excluding hydrogens is 497 g/mol. The fourth-order valence-electron chi connectivity index (χ4n) is 3.58. The molecule has 0 aliphatic carbocycles. The van der Waals surface area contributed by atoms with Crippen LogP contribution < -0.4 is 20.1 Å². The van der Waals surface area contributed by atoms with E-state index in [-0.39, 0.29) is 5.91 Å². The Bertz CT molecular complexity index is 1100. The maximum absolute atomic E-state index is 12.8. The predicted octanol–water partition coefficient (Wildman–Crippen LogP) is 2.80. The van der Waals surface area contributed by atoms with Crippen LogP contribution in [0.5, 0.6) is 11.5 Å². The maximum atomic E-state index is 12.8. The molecule has 1 saturated heterocycles. The van der Waals surface area contributed by atoms with Crippen molar-refractivity contribution >= 4 is 50.9 Å². The van der Waals surface area contributed by atoms with Gasteiger partial charge in [-0.2, -0.15) is 0 Å². The van der Waals surface area contributed by atoms with Crippen LogP contribution in [0.4, 0.5) is 11.5 Å². The molecule has 1 amide bonds. The van der Waals surface area contributed by atoms with Crippen LogP contribution in [0.1, 0.15) is 10.4 Å². The van der Waals surface area contributed by atoms with Gasteiger partial charge >= 0.3 is 0 Å². The number of nitrogens with two attached hydrogens (primary N) is 1. The number of pyridine rings is 2. The fourth-order valence-corrected chi connectivity index (χ4v) is 4.07. The Morgan fingerprint density at radius 1 is 1.03 bits per heavy atom. The molecule has 0 spiro atoms. The zero-order chi connectivity index (χ0) is 21.3. The number of carbonyl (C=O) groups excluding carboxylic acids is 1. The minimum absolute atomic E-state index is 0.00322. The molecule has 2 N–H and O–H groups in total. The number of amides is 1. The number of ether oxygens (including phenoxy) is 2. The quantitative estimate of drug-likeness (QED) is 0.530. The van der Waals surface area contributed by atoms with Gasteiger partial charge in [-0.05, 0) is 34.7 Å². The Morgan fingerprint density at radius 2 is 1.73 bits per heavy atom. The number of piperazine rings is 1. The number of anilines is 2. The molecule has 1 aromatic carbocycles. The highest BCUT2D eigenvalue weighted by Crippen LogP contribution is 2.35. The van der Waals surface area contributed by atoms with E-state index in [1.54, 1.807) is 26.6 Å². The molecule has 0 atom stereocenters. The lowest BCUT2D eigenvalue weighted by atomic mass is 10.1. The van der Waals surface area contributed by atoms with E-state index in [1.165, 1.54) is 0 Å². The van der Waals surface area contributed by atoms with E-state index in [4.69, 9.17) is 20.2 Å². The van der Waals surface area contributed by atoms with Gasteiger partial charge in [-0.15, -0.1) is 0 Å². The van der Waals surface area contributed by atoms with E-state index in [1.807, 2.05) is 29.2 Å². The summed E-state index contributed by atoms with van der Waals surface area (Å²) in [5.74, 6) is 2.01. The molecule has 1 fully saturated rings. The molecule has 9 heteroatoms. The molecule has 156 valence electrons. The second kappa shape index (κ2) is 8.50. The molecule has 8 nitrogen and oxygen atoms in total. The minimum atomic E-state index is 0.00322. The van der Waals surface area contributed by atoms with E-state index in [0.717, 1.165) is 20.3 Å². The summed E-state index contributed by atoms with van der Waals surface area (Å²) in [5, 5.41) is 0.816. The molecule has 0 radical (unpaired) electrons. The maximum Gasteiger partial charge on any atom is 0.255 e. The summed E-state index contributed by atoms with van der Waals surface area (Å²) in [5.41, 5.74) is 8.29. The molecule has 1 aliphatic rings. The van der Waals surface area contributed by atoms with E-state index in [9.17, 15) is 4.79 Å². The summed E-state index contributed by atoms with van der Waals surface area (Å²) in [6.45, 7) is 2.56. The van der Waals surface area contributed by atoms with Gasteiger partial charge in [-0.3, -0.25) is 9.78 Å². The molecule has 0 unspecified atom stereocenters. The minimum Gasteiger partial charge on any atom is -0.493 e. The average Bonchev–Trinajstić information content (AvgIpc) is 2.77. The van der Waals surface area contributed by atoms with E-state index >= 15 is 0 Å². The summed E-state index contributed by atoms with van der Waals surface area (Å²) in [6, 6.07) is 7.40. The first-order valence-electron chi connectivity index (χ1n) is 9.47. The first-order chi connectivity index (χ1) is 14.5. The summed E-state index contributed by atoms with van der Waals surface area (Å²) in [7, 11) is 3.19. The van der Waals surface area contributed by atoms with Crippen LogP contribution in [-0.4, -0.2) is 61.2 Å². The number of hydrogen-bond acceptors (Lipinski definition) is 7. The third kappa shape index (κ3) is 3.93. The molecule has 2 aromatic heterocycles. The number of carbonyl (C=O) groups is 1. The van der Waals surface area contributed by atoms with Crippen molar-refractivity contribution in [3.63, 3.8) is 0 Å². The third-order valence-electron chi connectivity index (χ3n) is 5.18. The van der Waals surface area contributed by atoms with Crippen molar-refractivity contribution in [1.29, 1.82) is 0 Å². The predicted molar refractivity (Wildman–Crippen MR) is 124 cm³/mol. The van der Waals surface area contributed by atoms with Crippen molar-refractivity contribution in [1.82, 2.24) is 14.9 Å². The average molecular weight is 519 g/mol. The Balaban J connectivity index is 1.53. The van der Waals surface area contributed by atoms with Crippen molar-refractivity contribution in [3.05, 3.63) is 45.8 Å². The number of methoxy groups -OCH3 is 2. The lowest BCUT2D eigenvalue weighted by Crippen LogP contribution is -2.49. The summed E-state index contributed by atoms with van der Waals surface area (Å²) < 4.78 is 11.7. The van der Waals surface area contributed by atoms with Crippen LogP contribution in [0.2, 0.25) is 0 Å². The van der Waals surface area contributed by atoms with Gasteiger partial charge in [0.1, 0.15) is 5.82 Å². The standard InChI is InChI=1S/C21H22IN5O3/c1-29-18-8-15-16(23)9-20(25-17(15)10-19(18)30-2)26-3-5-27(6-4-26)21(28)13-7-14(22)12-24-11-13/h7-12H,3-6H2,1-2H3,(H2,23,25). The molecule has 4 rings (SSSR count). The van der Waals surface area contributed by atoms with E-state index in [0.29, 0.717) is 48.9 Å². The monoisotopic (exact) mass is 519 g/mol. The number of benzene rings is 1. The van der Waals surface area contributed by atoms with Crippen LogP contribution in [-0.2, 0) is 0 Å². The summed E-state index contributed by atoms with van der Waals surface area (Å²) >= 11 is 2.16. The number of aromatic nitrogens is 2. The zero-order valence-corrected chi connectivity index (χ0v) is 18.9. The Morgan fingerprint density at radius 3 is 2.40 bits per heavy atom. The Labute approximate surface area is 188 Å². The van der Waals surface area contributed by atoms with E-state index < -0.39 is 0 Å². The van der Waals surface area contributed by atoms with Crippen LogP contribution in [0.3, 0.4) is 0 Å². The van der Waals surface area contributed by atoms with Crippen molar-refractivity contribution < 1.29 is 14.3 Å². The molecule has 0 saturated carbocycles. The Kier molecular flexibility index (Phi) is 5.80. The number of hydrogen-bond donors (Lipinski definition) is 1. The van der Waals surface area contributed by atoms with Crippen molar-refractivity contribution in [3.8, 4) is 11.5 Å². The second-order valence-corrected chi connectivity index (χ2v) is 8.21.